The van der Waals surface area contributed by atoms with Gasteiger partial charge in [0.1, 0.15) is 6.54 Å². The SMILES string of the molecule is CC1=[N+](CCCS(=O)(=O)[O-])c2ccc([N+](=O)[O-])cc2C1(C)C. The summed E-state index contributed by atoms with van der Waals surface area (Å²) < 4.78 is 34.1. The van der Waals surface area contributed by atoms with E-state index in [1.807, 2.05) is 25.3 Å². The molecular weight excluding hydrogens is 308 g/mol. The molecule has 0 aliphatic carbocycles. The Morgan fingerprint density at radius 1 is 1.32 bits per heavy atom. The van der Waals surface area contributed by atoms with Crippen molar-refractivity contribution in [1.29, 1.82) is 0 Å². The first-order valence-electron chi connectivity index (χ1n) is 6.88. The molecule has 0 fully saturated rings. The van der Waals surface area contributed by atoms with Gasteiger partial charge in [-0.05, 0) is 13.8 Å². The molecule has 0 radical (unpaired) electrons. The summed E-state index contributed by atoms with van der Waals surface area (Å²) in [6.45, 7) is 6.24. The van der Waals surface area contributed by atoms with E-state index >= 15 is 0 Å². The highest BCUT2D eigenvalue weighted by Gasteiger charge is 2.43. The van der Waals surface area contributed by atoms with Gasteiger partial charge in [0.2, 0.25) is 5.69 Å². The molecule has 0 bridgehead atoms. The smallest absolute Gasteiger partial charge is 0.270 e. The van der Waals surface area contributed by atoms with Crippen LogP contribution in [0.1, 0.15) is 32.8 Å². The number of nitro groups is 1. The van der Waals surface area contributed by atoms with Crippen molar-refractivity contribution in [3.05, 3.63) is 33.9 Å². The number of hydrogen-bond acceptors (Lipinski definition) is 5. The molecule has 0 saturated carbocycles. The molecule has 120 valence electrons. The lowest BCUT2D eigenvalue weighted by Crippen LogP contribution is -2.27. The molecule has 0 saturated heterocycles. The van der Waals surface area contributed by atoms with Crippen LogP contribution < -0.4 is 0 Å². The summed E-state index contributed by atoms with van der Waals surface area (Å²) in [6, 6.07) is 4.67. The van der Waals surface area contributed by atoms with Crippen molar-refractivity contribution in [1.82, 2.24) is 0 Å². The second-order valence-electron chi connectivity index (χ2n) is 5.94. The summed E-state index contributed by atoms with van der Waals surface area (Å²) in [4.78, 5) is 10.5. The largest absolute Gasteiger partial charge is 0.748 e. The van der Waals surface area contributed by atoms with Crippen LogP contribution in [0.2, 0.25) is 0 Å². The Morgan fingerprint density at radius 3 is 2.50 bits per heavy atom. The number of nitrogens with zero attached hydrogens (tertiary/aromatic N) is 2. The Hall–Kier alpha value is -1.80. The van der Waals surface area contributed by atoms with E-state index in [0.29, 0.717) is 6.54 Å². The van der Waals surface area contributed by atoms with Crippen molar-refractivity contribution in [2.24, 2.45) is 0 Å². The van der Waals surface area contributed by atoms with Gasteiger partial charge >= 0.3 is 0 Å². The van der Waals surface area contributed by atoms with Crippen molar-refractivity contribution in [2.45, 2.75) is 32.6 Å². The number of nitro benzene ring substituents is 1. The molecule has 0 N–H and O–H groups in total. The Balaban J connectivity index is 2.37. The molecule has 1 aliphatic rings. The van der Waals surface area contributed by atoms with Crippen LogP contribution in [-0.2, 0) is 15.5 Å². The summed E-state index contributed by atoms with van der Waals surface area (Å²) in [5.74, 6) is -0.417. The molecule has 0 amide bonds. The van der Waals surface area contributed by atoms with Crippen molar-refractivity contribution in [2.75, 3.05) is 12.3 Å². The standard InChI is InChI=1S/C14H18N2O5S/c1-10-14(2,3)12-9-11(16(17)18)5-6-13(12)15(10)7-4-8-22(19,20)21/h5-6,9H,4,7-8H2,1-3H3. The fourth-order valence-electron chi connectivity index (χ4n) is 2.77. The fraction of sp³-hybridized carbons (Fsp3) is 0.500. The lowest BCUT2D eigenvalue weighted by Gasteiger charge is -2.14. The first-order chi connectivity index (χ1) is 10.0. The summed E-state index contributed by atoms with van der Waals surface area (Å²) in [5, 5.41) is 10.9. The van der Waals surface area contributed by atoms with Gasteiger partial charge in [-0.1, -0.05) is 0 Å². The third-order valence-corrected chi connectivity index (χ3v) is 5.03. The van der Waals surface area contributed by atoms with Gasteiger partial charge in [0.15, 0.2) is 5.71 Å². The Bertz CT molecular complexity index is 765. The van der Waals surface area contributed by atoms with Crippen LogP contribution in [-0.4, -0.2) is 40.5 Å². The predicted molar refractivity (Wildman–Crippen MR) is 80.8 cm³/mol. The van der Waals surface area contributed by atoms with Crippen molar-refractivity contribution < 1.29 is 22.5 Å². The maximum absolute atomic E-state index is 10.9. The van der Waals surface area contributed by atoms with E-state index in [9.17, 15) is 23.1 Å². The van der Waals surface area contributed by atoms with E-state index < -0.39 is 20.8 Å². The highest BCUT2D eigenvalue weighted by Crippen LogP contribution is 2.41. The molecule has 0 atom stereocenters. The quantitative estimate of drug-likeness (QED) is 0.356. The molecule has 0 unspecified atom stereocenters. The fourth-order valence-corrected chi connectivity index (χ4v) is 3.26. The minimum atomic E-state index is -4.23. The van der Waals surface area contributed by atoms with Crippen LogP contribution in [0, 0.1) is 10.1 Å². The van der Waals surface area contributed by atoms with E-state index in [1.54, 1.807) is 12.1 Å². The molecular formula is C14H18N2O5S. The summed E-state index contributed by atoms with van der Waals surface area (Å²) in [6.07, 6.45) is 0.218. The Labute approximate surface area is 129 Å². The van der Waals surface area contributed by atoms with E-state index in [4.69, 9.17) is 0 Å². The molecule has 1 aromatic carbocycles. The summed E-state index contributed by atoms with van der Waals surface area (Å²) in [7, 11) is -4.23. The average molecular weight is 326 g/mol. The number of fused-ring (bicyclic) bond motifs is 1. The van der Waals surface area contributed by atoms with Crippen LogP contribution in [0.5, 0.6) is 0 Å². The molecule has 1 aliphatic heterocycles. The second kappa shape index (κ2) is 5.44. The van der Waals surface area contributed by atoms with Gasteiger partial charge in [0.25, 0.3) is 5.69 Å². The highest BCUT2D eigenvalue weighted by molar-refractivity contribution is 7.85. The minimum Gasteiger partial charge on any atom is -0.748 e. The molecule has 7 nitrogen and oxygen atoms in total. The van der Waals surface area contributed by atoms with Gasteiger partial charge in [0, 0.05) is 42.9 Å². The average Bonchev–Trinajstić information content (AvgIpc) is 2.58. The van der Waals surface area contributed by atoms with Crippen molar-refractivity contribution >= 4 is 27.2 Å². The van der Waals surface area contributed by atoms with E-state index in [2.05, 4.69) is 0 Å². The molecule has 0 aromatic heterocycles. The first-order valence-corrected chi connectivity index (χ1v) is 8.46. The lowest BCUT2D eigenvalue weighted by atomic mass is 9.82. The summed E-state index contributed by atoms with van der Waals surface area (Å²) in [5.41, 5.74) is 2.30. The van der Waals surface area contributed by atoms with Crippen LogP contribution in [0.4, 0.5) is 11.4 Å². The van der Waals surface area contributed by atoms with Gasteiger partial charge < -0.3 is 4.55 Å². The van der Waals surface area contributed by atoms with Gasteiger partial charge in [-0.3, -0.25) is 10.1 Å². The molecule has 2 rings (SSSR count). The first kappa shape index (κ1) is 16.6. The molecule has 1 heterocycles. The van der Waals surface area contributed by atoms with Gasteiger partial charge in [-0.2, -0.15) is 4.58 Å². The normalized spacial score (nSPS) is 16.7. The summed E-state index contributed by atoms with van der Waals surface area (Å²) >= 11 is 0. The maximum atomic E-state index is 10.9. The number of benzene rings is 1. The van der Waals surface area contributed by atoms with Crippen molar-refractivity contribution in [3.63, 3.8) is 0 Å². The third kappa shape index (κ3) is 3.02. The van der Waals surface area contributed by atoms with E-state index in [-0.39, 0.29) is 17.5 Å². The zero-order valence-corrected chi connectivity index (χ0v) is 13.5. The monoisotopic (exact) mass is 326 g/mol. The van der Waals surface area contributed by atoms with Gasteiger partial charge in [0.05, 0.1) is 20.5 Å². The maximum Gasteiger partial charge on any atom is 0.270 e. The second-order valence-corrected chi connectivity index (χ2v) is 7.46. The third-order valence-electron chi connectivity index (χ3n) is 4.24. The molecule has 22 heavy (non-hydrogen) atoms. The minimum absolute atomic E-state index is 0.0311. The Kier molecular flexibility index (Phi) is 4.09. The number of non-ortho nitro benzene ring substituents is 1. The molecule has 8 heteroatoms. The predicted octanol–water partition coefficient (Wildman–Crippen LogP) is 1.93. The van der Waals surface area contributed by atoms with E-state index in [0.717, 1.165) is 17.0 Å². The van der Waals surface area contributed by atoms with Crippen LogP contribution in [0.3, 0.4) is 0 Å². The molecule has 0 spiro atoms. The highest BCUT2D eigenvalue weighted by atomic mass is 32.2. The van der Waals surface area contributed by atoms with Crippen LogP contribution in [0.15, 0.2) is 18.2 Å². The van der Waals surface area contributed by atoms with Crippen LogP contribution >= 0.6 is 0 Å². The van der Waals surface area contributed by atoms with Crippen molar-refractivity contribution in [3.8, 4) is 0 Å². The van der Waals surface area contributed by atoms with E-state index in [1.165, 1.54) is 6.07 Å². The zero-order valence-electron chi connectivity index (χ0n) is 12.7. The number of rotatable bonds is 5. The van der Waals surface area contributed by atoms with Gasteiger partial charge in [-0.15, -0.1) is 0 Å². The lowest BCUT2D eigenvalue weighted by molar-refractivity contribution is -0.439. The van der Waals surface area contributed by atoms with Gasteiger partial charge in [-0.25, -0.2) is 8.42 Å². The topological polar surface area (TPSA) is 103 Å². The Morgan fingerprint density at radius 2 is 1.95 bits per heavy atom. The van der Waals surface area contributed by atoms with Crippen LogP contribution in [0.25, 0.3) is 0 Å². The number of hydrogen-bond donors (Lipinski definition) is 0. The molecule has 1 aromatic rings. The zero-order chi connectivity index (χ0) is 16.7.